The van der Waals surface area contributed by atoms with Crippen molar-refractivity contribution in [3.63, 3.8) is 0 Å². The van der Waals surface area contributed by atoms with Crippen LogP contribution in [0.4, 0.5) is 0 Å². The van der Waals surface area contributed by atoms with E-state index >= 15 is 0 Å². The van der Waals surface area contributed by atoms with E-state index in [0.717, 1.165) is 71.7 Å². The van der Waals surface area contributed by atoms with Gasteiger partial charge in [-0.1, -0.05) is 121 Å². The summed E-state index contributed by atoms with van der Waals surface area (Å²) < 4.78 is 15.5. The molecule has 12 aromatic rings. The van der Waals surface area contributed by atoms with Crippen molar-refractivity contribution in [2.24, 2.45) is 0 Å². The molecule has 6 nitrogen and oxygen atoms in total. The van der Waals surface area contributed by atoms with E-state index in [1.807, 2.05) is 72.8 Å². The lowest BCUT2D eigenvalue weighted by molar-refractivity contribution is 0.668. The van der Waals surface area contributed by atoms with Gasteiger partial charge in [0.15, 0.2) is 17.5 Å². The molecular weight excluding hydrogens is 677 g/mol. The number of furan rings is 2. The monoisotopic (exact) mass is 704 g/mol. The second-order valence-electron chi connectivity index (χ2n) is 14.0. The first-order valence-corrected chi connectivity index (χ1v) is 18.4. The van der Waals surface area contributed by atoms with Gasteiger partial charge < -0.3 is 13.4 Å². The summed E-state index contributed by atoms with van der Waals surface area (Å²) in [5, 5.41) is 8.81. The van der Waals surface area contributed by atoms with E-state index in [0.29, 0.717) is 23.1 Å². The number of para-hydroxylation sites is 3. The number of fused-ring (bicyclic) bond motifs is 10. The van der Waals surface area contributed by atoms with Gasteiger partial charge in [0.05, 0.1) is 27.7 Å². The molecule has 0 saturated carbocycles. The maximum absolute atomic E-state index is 6.85. The maximum Gasteiger partial charge on any atom is 0.167 e. The second kappa shape index (κ2) is 11.5. The Morgan fingerprint density at radius 2 is 1.00 bits per heavy atom. The zero-order chi connectivity index (χ0) is 36.0. The number of aromatic nitrogens is 4. The molecule has 8 aromatic carbocycles. The Bertz CT molecular complexity index is 3500. The third kappa shape index (κ3) is 4.46. The lowest BCUT2D eigenvalue weighted by Crippen LogP contribution is -2.01. The molecule has 0 atom stereocenters. The SMILES string of the molecule is c1ccc(-c2nc(-c3ccc(-n4c5ccccc5c5cc6ccccc6cc54)c4c3oc3ccccc34)nc(-c3cccc4oc5ccccc5c34)n2)cc1. The van der Waals surface area contributed by atoms with Gasteiger partial charge in [0, 0.05) is 38.1 Å². The quantitative estimate of drug-likeness (QED) is 0.182. The van der Waals surface area contributed by atoms with Gasteiger partial charge in [0.25, 0.3) is 0 Å². The number of hydrogen-bond donors (Lipinski definition) is 0. The Kier molecular flexibility index (Phi) is 6.24. The van der Waals surface area contributed by atoms with Gasteiger partial charge >= 0.3 is 0 Å². The highest BCUT2D eigenvalue weighted by atomic mass is 16.3. The van der Waals surface area contributed by atoms with E-state index in [1.54, 1.807) is 0 Å². The molecule has 4 aromatic heterocycles. The highest BCUT2D eigenvalue weighted by molar-refractivity contribution is 6.18. The minimum Gasteiger partial charge on any atom is -0.456 e. The molecule has 0 aliphatic rings. The van der Waals surface area contributed by atoms with Crippen molar-refractivity contribution in [1.82, 2.24) is 19.5 Å². The maximum atomic E-state index is 6.85. The second-order valence-corrected chi connectivity index (χ2v) is 14.0. The molecular formula is C49H28N4O2. The highest BCUT2D eigenvalue weighted by Gasteiger charge is 2.24. The molecule has 0 aliphatic carbocycles. The van der Waals surface area contributed by atoms with Crippen molar-refractivity contribution in [2.45, 2.75) is 0 Å². The van der Waals surface area contributed by atoms with Gasteiger partial charge in [-0.05, 0) is 59.3 Å². The van der Waals surface area contributed by atoms with Crippen molar-refractivity contribution in [3.05, 3.63) is 170 Å². The Morgan fingerprint density at radius 3 is 1.82 bits per heavy atom. The molecule has 12 rings (SSSR count). The molecule has 0 fully saturated rings. The zero-order valence-electron chi connectivity index (χ0n) is 29.3. The molecule has 0 aliphatic heterocycles. The van der Waals surface area contributed by atoms with Gasteiger partial charge in [0.1, 0.15) is 22.3 Å². The van der Waals surface area contributed by atoms with E-state index in [-0.39, 0.29) is 0 Å². The van der Waals surface area contributed by atoms with Gasteiger partial charge in [-0.15, -0.1) is 0 Å². The summed E-state index contributed by atoms with van der Waals surface area (Å²) in [7, 11) is 0. The number of benzene rings is 8. The normalized spacial score (nSPS) is 12.0. The summed E-state index contributed by atoms with van der Waals surface area (Å²) in [6.07, 6.45) is 0. The van der Waals surface area contributed by atoms with E-state index in [2.05, 4.69) is 102 Å². The van der Waals surface area contributed by atoms with Crippen molar-refractivity contribution in [2.75, 3.05) is 0 Å². The molecule has 0 unspecified atom stereocenters. The average Bonchev–Trinajstić information content (AvgIpc) is 3.93. The third-order valence-electron chi connectivity index (χ3n) is 10.8. The molecule has 55 heavy (non-hydrogen) atoms. The third-order valence-corrected chi connectivity index (χ3v) is 10.8. The smallest absolute Gasteiger partial charge is 0.167 e. The predicted octanol–water partition coefficient (Wildman–Crippen LogP) is 12.9. The fourth-order valence-electron chi connectivity index (χ4n) is 8.38. The lowest BCUT2D eigenvalue weighted by Gasteiger charge is -2.13. The van der Waals surface area contributed by atoms with Gasteiger partial charge in [-0.2, -0.15) is 0 Å². The number of rotatable bonds is 4. The van der Waals surface area contributed by atoms with Crippen LogP contribution in [0.25, 0.3) is 116 Å². The van der Waals surface area contributed by atoms with E-state index < -0.39 is 0 Å². The lowest BCUT2D eigenvalue weighted by atomic mass is 10.0. The van der Waals surface area contributed by atoms with Gasteiger partial charge in [-0.25, -0.2) is 15.0 Å². The predicted molar refractivity (Wildman–Crippen MR) is 223 cm³/mol. The summed E-state index contributed by atoms with van der Waals surface area (Å²) in [5.74, 6) is 1.66. The highest BCUT2D eigenvalue weighted by Crippen LogP contribution is 2.43. The minimum atomic E-state index is 0.525. The Morgan fingerprint density at radius 1 is 0.382 bits per heavy atom. The van der Waals surface area contributed by atoms with Crippen molar-refractivity contribution >= 4 is 76.5 Å². The summed E-state index contributed by atoms with van der Waals surface area (Å²) in [6, 6.07) is 58.5. The van der Waals surface area contributed by atoms with Crippen LogP contribution in [-0.2, 0) is 0 Å². The van der Waals surface area contributed by atoms with Crippen LogP contribution >= 0.6 is 0 Å². The Hall–Kier alpha value is -7.57. The first kappa shape index (κ1) is 29.9. The first-order chi connectivity index (χ1) is 27.3. The molecule has 0 N–H and O–H groups in total. The van der Waals surface area contributed by atoms with Crippen LogP contribution < -0.4 is 0 Å². The molecule has 6 heteroatoms. The van der Waals surface area contributed by atoms with Crippen molar-refractivity contribution in [1.29, 1.82) is 0 Å². The fraction of sp³-hybridized carbons (Fsp3) is 0. The molecule has 4 heterocycles. The topological polar surface area (TPSA) is 69.9 Å². The molecule has 0 spiro atoms. The summed E-state index contributed by atoms with van der Waals surface area (Å²) >= 11 is 0. The van der Waals surface area contributed by atoms with Crippen LogP contribution in [-0.4, -0.2) is 19.5 Å². The van der Waals surface area contributed by atoms with Crippen molar-refractivity contribution in [3.8, 4) is 39.9 Å². The van der Waals surface area contributed by atoms with Crippen LogP contribution in [0, 0.1) is 0 Å². The van der Waals surface area contributed by atoms with E-state index in [9.17, 15) is 0 Å². The van der Waals surface area contributed by atoms with Gasteiger partial charge in [0.2, 0.25) is 0 Å². The van der Waals surface area contributed by atoms with E-state index in [4.69, 9.17) is 23.8 Å². The largest absolute Gasteiger partial charge is 0.456 e. The van der Waals surface area contributed by atoms with Crippen LogP contribution in [0.1, 0.15) is 0 Å². The number of hydrogen-bond acceptors (Lipinski definition) is 5. The van der Waals surface area contributed by atoms with E-state index in [1.165, 1.54) is 21.5 Å². The molecule has 0 amide bonds. The molecule has 256 valence electrons. The number of nitrogens with zero attached hydrogens (tertiary/aromatic N) is 4. The summed E-state index contributed by atoms with van der Waals surface area (Å²) in [5.41, 5.74) is 8.95. The Labute approximate surface area is 313 Å². The molecule has 0 saturated heterocycles. The van der Waals surface area contributed by atoms with Crippen LogP contribution in [0.3, 0.4) is 0 Å². The average molecular weight is 705 g/mol. The molecule has 0 radical (unpaired) electrons. The standard InChI is InChI=1S/C49H28N4O2/c1-2-13-29(14-3-1)47-50-48(35-20-12-24-43-44(35)33-18-7-10-22-41(33)54-43)52-49(51-47)36-25-26-39(45-34-19-8-11-23-42(34)55-46(36)45)53-38-21-9-6-17-32(38)37-27-30-15-4-5-16-31(30)28-40(37)53/h1-28H. The minimum absolute atomic E-state index is 0.525. The van der Waals surface area contributed by atoms with Crippen LogP contribution in [0.5, 0.6) is 0 Å². The van der Waals surface area contributed by atoms with Crippen LogP contribution in [0.2, 0.25) is 0 Å². The summed E-state index contributed by atoms with van der Waals surface area (Å²) in [6.45, 7) is 0. The van der Waals surface area contributed by atoms with Gasteiger partial charge in [-0.3, -0.25) is 0 Å². The summed E-state index contributed by atoms with van der Waals surface area (Å²) in [4.78, 5) is 15.5. The Balaban J connectivity index is 1.17. The first-order valence-electron chi connectivity index (χ1n) is 18.4. The van der Waals surface area contributed by atoms with Crippen LogP contribution in [0.15, 0.2) is 179 Å². The zero-order valence-corrected chi connectivity index (χ0v) is 29.3. The molecule has 0 bridgehead atoms. The fourth-order valence-corrected chi connectivity index (χ4v) is 8.38. The van der Waals surface area contributed by atoms with Crippen molar-refractivity contribution < 1.29 is 8.83 Å².